The topological polar surface area (TPSA) is 145 Å². The fourth-order valence-electron chi connectivity index (χ4n) is 5.70. The number of aryl methyl sites for hydroxylation is 1. The first-order chi connectivity index (χ1) is 23.7. The third-order valence-corrected chi connectivity index (χ3v) is 8.67. The van der Waals surface area contributed by atoms with Crippen LogP contribution in [0.4, 0.5) is 13.2 Å². The molecule has 1 saturated heterocycles. The average Bonchev–Trinajstić information content (AvgIpc) is 3.43. The molecule has 1 aliphatic heterocycles. The van der Waals surface area contributed by atoms with E-state index in [0.717, 1.165) is 56.1 Å². The van der Waals surface area contributed by atoms with E-state index in [2.05, 4.69) is 28.6 Å². The van der Waals surface area contributed by atoms with Crippen LogP contribution in [0, 0.1) is 17.3 Å². The minimum Gasteiger partial charge on any atom is -0.545 e. The van der Waals surface area contributed by atoms with Crippen LogP contribution in [0.15, 0.2) is 34.8 Å². The zero-order valence-corrected chi connectivity index (χ0v) is 32.8. The van der Waals surface area contributed by atoms with Crippen LogP contribution in [0.3, 0.4) is 0 Å². The predicted octanol–water partition coefficient (Wildman–Crippen LogP) is 7.09. The summed E-state index contributed by atoms with van der Waals surface area (Å²) in [5.41, 5.74) is 5.88. The standard InChI is InChI=1S/C26H36N2O4.C7H12F3N.C2H6.CH3NO.CHO.V/c1-26(2,3)24(17-29)32-23-13-9-8-11-18(23)10-6-5-7-12-21-25(30)28-22-16-19(31-4)14-15-20(22)27-21;1-5-6(7(8,9)10)3-4-11(5)2;1-2;2-1-3;1-2;/h13-18,24H,5-12H2,1-4H3,(H,28,30);5-6H,3-4H2,1-2H3;1-2H3;1H,(H2,2,3);1H;/q;;;;-1;/t18?,24-;;;;;/m1...../s1. The van der Waals surface area contributed by atoms with E-state index in [1.807, 2.05) is 46.8 Å². The van der Waals surface area contributed by atoms with Crippen LogP contribution in [-0.4, -0.2) is 73.4 Å². The summed E-state index contributed by atoms with van der Waals surface area (Å²) in [5.74, 6) is 0.953. The Morgan fingerprint density at radius 3 is 2.24 bits per heavy atom. The Labute approximate surface area is 313 Å². The van der Waals surface area contributed by atoms with Gasteiger partial charge in [0.05, 0.1) is 29.8 Å². The Hall–Kier alpha value is -3.16. The number of halogens is 3. The van der Waals surface area contributed by atoms with Gasteiger partial charge < -0.3 is 29.9 Å². The van der Waals surface area contributed by atoms with Crippen molar-refractivity contribution in [1.29, 1.82) is 0 Å². The number of methoxy groups -OCH3 is 1. The molecule has 14 heteroatoms. The second-order valence-corrected chi connectivity index (χ2v) is 13.1. The first kappa shape index (κ1) is 50.0. The van der Waals surface area contributed by atoms with Gasteiger partial charge in [-0.1, -0.05) is 47.5 Å². The van der Waals surface area contributed by atoms with Gasteiger partial charge in [-0.25, -0.2) is 4.98 Å². The van der Waals surface area contributed by atoms with Crippen molar-refractivity contribution in [2.45, 2.75) is 118 Å². The Balaban J connectivity index is 0. The van der Waals surface area contributed by atoms with E-state index in [1.165, 1.54) is 6.42 Å². The number of aldehydes is 1. The molecule has 1 amide bonds. The molecule has 0 bridgehead atoms. The molecule has 1 fully saturated rings. The van der Waals surface area contributed by atoms with Crippen LogP contribution in [-0.2, 0) is 44.1 Å². The van der Waals surface area contributed by atoms with Crippen LogP contribution in [0.25, 0.3) is 11.0 Å². The van der Waals surface area contributed by atoms with Crippen molar-refractivity contribution in [3.05, 3.63) is 46.1 Å². The number of fused-ring (bicyclic) bond motifs is 1. The molecule has 0 spiro atoms. The number of rotatable bonds is 10. The number of nitrogens with one attached hydrogen (secondary N) is 1. The molecule has 3 unspecified atom stereocenters. The zero-order valence-electron chi connectivity index (χ0n) is 31.4. The first-order valence-corrected chi connectivity index (χ1v) is 17.2. The van der Waals surface area contributed by atoms with Crippen molar-refractivity contribution >= 4 is 30.5 Å². The van der Waals surface area contributed by atoms with Crippen molar-refractivity contribution in [1.82, 2.24) is 14.9 Å². The van der Waals surface area contributed by atoms with E-state index in [-0.39, 0.29) is 48.4 Å². The number of hydrogen-bond donors (Lipinski definition) is 2. The van der Waals surface area contributed by atoms with Gasteiger partial charge in [-0.05, 0) is 83.7 Å². The smallest absolute Gasteiger partial charge is 0.393 e. The van der Waals surface area contributed by atoms with Gasteiger partial charge in [-0.3, -0.25) is 21.2 Å². The van der Waals surface area contributed by atoms with Gasteiger partial charge in [0, 0.05) is 42.0 Å². The minimum absolute atomic E-state index is 0. The van der Waals surface area contributed by atoms with Gasteiger partial charge in [-0.2, -0.15) is 13.2 Å². The number of H-pyrrole nitrogens is 1. The molecule has 3 N–H and O–H groups in total. The number of nitrogens with zero attached hydrogens (tertiary/aromatic N) is 2. The summed E-state index contributed by atoms with van der Waals surface area (Å²) in [7, 11) is 3.33. The van der Waals surface area contributed by atoms with Crippen LogP contribution < -0.4 is 16.0 Å². The zero-order chi connectivity index (χ0) is 38.5. The molecule has 1 aromatic heterocycles. The average molecular weight is 763 g/mol. The van der Waals surface area contributed by atoms with Gasteiger partial charge in [0.2, 0.25) is 6.41 Å². The van der Waals surface area contributed by atoms with E-state index >= 15 is 0 Å². The van der Waals surface area contributed by atoms with Gasteiger partial charge >= 0.3 is 6.18 Å². The van der Waals surface area contributed by atoms with E-state index in [4.69, 9.17) is 19.1 Å². The molecule has 1 radical (unpaired) electrons. The van der Waals surface area contributed by atoms with Gasteiger partial charge in [-0.15, -0.1) is 0 Å². The summed E-state index contributed by atoms with van der Waals surface area (Å²) >= 11 is 0. The van der Waals surface area contributed by atoms with Crippen molar-refractivity contribution < 1.29 is 55.6 Å². The number of hydrogen-bond acceptors (Lipinski definition) is 8. The Morgan fingerprint density at radius 2 is 1.75 bits per heavy atom. The molecule has 4 rings (SSSR count). The Morgan fingerprint density at radius 1 is 1.12 bits per heavy atom. The summed E-state index contributed by atoms with van der Waals surface area (Å²) in [6.07, 6.45) is 7.19. The third-order valence-electron chi connectivity index (χ3n) is 8.67. The van der Waals surface area contributed by atoms with Crippen molar-refractivity contribution in [3.8, 4) is 5.75 Å². The quantitative estimate of drug-likeness (QED) is 0.148. The molecule has 2 aliphatic rings. The maximum atomic E-state index is 12.4. The maximum Gasteiger partial charge on any atom is 0.393 e. The normalized spacial score (nSPS) is 19.0. The first-order valence-electron chi connectivity index (χ1n) is 17.2. The number of unbranched alkanes of at least 4 members (excludes halogenated alkanes) is 2. The van der Waals surface area contributed by atoms with E-state index < -0.39 is 18.2 Å². The summed E-state index contributed by atoms with van der Waals surface area (Å²) in [6, 6.07) is 5.16. The van der Waals surface area contributed by atoms with Crippen LogP contribution >= 0.6 is 0 Å². The summed E-state index contributed by atoms with van der Waals surface area (Å²) in [4.78, 5) is 49.5. The number of carbonyl (C=O) groups excluding carboxylic acids is 3. The van der Waals surface area contributed by atoms with E-state index in [0.29, 0.717) is 35.8 Å². The summed E-state index contributed by atoms with van der Waals surface area (Å²) < 4.78 is 47.8. The SMILES string of the molecule is CC.CC1C(C(F)(F)F)CCN1C.COc1ccc2nc(CCCCCC3CCCC=C3O[C@H](C=O)C(C)(C)C)c(=O)[nH]c2c1.NC=O.[CH-]=O.[V]. The molecule has 289 valence electrons. The van der Waals surface area contributed by atoms with Crippen LogP contribution in [0.2, 0.25) is 0 Å². The number of likely N-dealkylation sites (tertiary alicyclic amines) is 1. The minimum atomic E-state index is -4.01. The number of carbonyl (C=O) groups is 2. The Kier molecular flexibility index (Phi) is 25.2. The molecular formula is C37H58F3N4O6V-. The van der Waals surface area contributed by atoms with Gasteiger partial charge in [0.25, 0.3) is 5.56 Å². The molecule has 4 atom stereocenters. The molecule has 2 aromatic rings. The van der Waals surface area contributed by atoms with Crippen molar-refractivity contribution in [3.63, 3.8) is 0 Å². The van der Waals surface area contributed by atoms with Gasteiger partial charge in [0.15, 0.2) is 12.4 Å². The van der Waals surface area contributed by atoms with Gasteiger partial charge in [0.1, 0.15) is 11.4 Å². The fourth-order valence-corrected chi connectivity index (χ4v) is 5.70. The molecule has 1 aromatic carbocycles. The fraction of sp³-hybridized carbons (Fsp3) is 0.649. The summed E-state index contributed by atoms with van der Waals surface area (Å²) in [5, 5.41) is 0. The third kappa shape index (κ3) is 17.3. The molecule has 0 saturated carbocycles. The number of aromatic nitrogens is 2. The van der Waals surface area contributed by atoms with Crippen LogP contribution in [0.1, 0.15) is 98.6 Å². The molecule has 51 heavy (non-hydrogen) atoms. The van der Waals surface area contributed by atoms with E-state index in [1.54, 1.807) is 32.0 Å². The second-order valence-electron chi connectivity index (χ2n) is 13.1. The number of primary amides is 1. The predicted molar refractivity (Wildman–Crippen MR) is 192 cm³/mol. The number of benzene rings is 1. The van der Waals surface area contributed by atoms with Crippen molar-refractivity contribution in [2.24, 2.45) is 23.0 Å². The van der Waals surface area contributed by atoms with Crippen molar-refractivity contribution in [2.75, 3.05) is 20.7 Å². The number of aromatic amines is 1. The molecular weight excluding hydrogens is 704 g/mol. The molecule has 10 nitrogen and oxygen atoms in total. The number of allylic oxidation sites excluding steroid dienone is 2. The second kappa shape index (κ2) is 25.7. The van der Waals surface area contributed by atoms with E-state index in [9.17, 15) is 22.8 Å². The summed E-state index contributed by atoms with van der Waals surface area (Å²) in [6.45, 7) is 15.5. The van der Waals surface area contributed by atoms with Crippen LogP contribution in [0.5, 0.6) is 5.75 Å². The largest absolute Gasteiger partial charge is 0.545 e. The number of ether oxygens (including phenoxy) is 2. The number of amides is 1. The molecule has 2 heterocycles. The maximum absolute atomic E-state index is 12.4. The number of alkyl halides is 3. The molecule has 1 aliphatic carbocycles. The Bertz CT molecular complexity index is 1370. The monoisotopic (exact) mass is 762 g/mol. The number of nitrogens with two attached hydrogens (primary N) is 1.